The maximum atomic E-state index is 10.1. The van der Waals surface area contributed by atoms with E-state index >= 15 is 0 Å². The third kappa shape index (κ3) is 3.56. The number of hydrogen-bond donors (Lipinski definition) is 1. The third-order valence-corrected chi connectivity index (χ3v) is 3.26. The summed E-state index contributed by atoms with van der Waals surface area (Å²) in [7, 11) is 0. The summed E-state index contributed by atoms with van der Waals surface area (Å²) < 4.78 is 0. The van der Waals surface area contributed by atoms with Gasteiger partial charge in [-0.05, 0) is 30.9 Å². The summed E-state index contributed by atoms with van der Waals surface area (Å²) in [6.45, 7) is 0. The van der Waals surface area contributed by atoms with Gasteiger partial charge in [0.25, 0.3) is 0 Å². The van der Waals surface area contributed by atoms with Crippen LogP contribution >= 0.6 is 11.6 Å². The standard InChI is InChI=1S/C15H16ClNO/c16-14-11-17-10-9-13(14)15(18)8-4-7-12-5-2-1-3-6-12/h1-3,5-6,9-11,15,18H,4,7-8H2. The zero-order valence-corrected chi connectivity index (χ0v) is 10.8. The highest BCUT2D eigenvalue weighted by Crippen LogP contribution is 2.25. The van der Waals surface area contributed by atoms with E-state index in [2.05, 4.69) is 17.1 Å². The number of halogens is 1. The van der Waals surface area contributed by atoms with Gasteiger partial charge in [0, 0.05) is 18.0 Å². The molecule has 2 nitrogen and oxygen atoms in total. The Morgan fingerprint density at radius 1 is 1.17 bits per heavy atom. The number of nitrogens with zero attached hydrogens (tertiary/aromatic N) is 1. The van der Waals surface area contributed by atoms with E-state index in [1.807, 2.05) is 18.2 Å². The quantitative estimate of drug-likeness (QED) is 0.888. The molecule has 0 spiro atoms. The topological polar surface area (TPSA) is 33.1 Å². The normalized spacial score (nSPS) is 12.3. The average molecular weight is 262 g/mol. The fourth-order valence-electron chi connectivity index (χ4n) is 1.96. The van der Waals surface area contributed by atoms with Gasteiger partial charge in [-0.15, -0.1) is 0 Å². The Labute approximate surface area is 112 Å². The molecule has 1 N–H and O–H groups in total. The van der Waals surface area contributed by atoms with E-state index in [1.165, 1.54) is 5.56 Å². The van der Waals surface area contributed by atoms with E-state index in [0.717, 1.165) is 18.4 Å². The van der Waals surface area contributed by atoms with Gasteiger partial charge in [-0.25, -0.2) is 0 Å². The first kappa shape index (κ1) is 13.1. The Kier molecular flexibility index (Phi) is 4.73. The molecular weight excluding hydrogens is 246 g/mol. The zero-order valence-electron chi connectivity index (χ0n) is 10.1. The van der Waals surface area contributed by atoms with Crippen molar-refractivity contribution in [2.75, 3.05) is 0 Å². The Hall–Kier alpha value is -1.38. The molecule has 2 rings (SSSR count). The molecule has 0 aliphatic heterocycles. The number of benzene rings is 1. The number of pyridine rings is 1. The molecule has 18 heavy (non-hydrogen) atoms. The molecule has 1 unspecified atom stereocenters. The summed E-state index contributed by atoms with van der Waals surface area (Å²) in [5.74, 6) is 0. The van der Waals surface area contributed by atoms with Gasteiger partial charge in [0.1, 0.15) is 0 Å². The second-order valence-corrected chi connectivity index (χ2v) is 4.70. The van der Waals surface area contributed by atoms with Crippen molar-refractivity contribution >= 4 is 11.6 Å². The van der Waals surface area contributed by atoms with Crippen molar-refractivity contribution in [3.8, 4) is 0 Å². The Morgan fingerprint density at radius 3 is 2.67 bits per heavy atom. The summed E-state index contributed by atoms with van der Waals surface area (Å²) >= 11 is 5.99. The molecule has 0 saturated carbocycles. The fourth-order valence-corrected chi connectivity index (χ4v) is 2.20. The number of hydrogen-bond acceptors (Lipinski definition) is 2. The Morgan fingerprint density at radius 2 is 1.94 bits per heavy atom. The van der Waals surface area contributed by atoms with Crippen LogP contribution in [0.4, 0.5) is 0 Å². The zero-order chi connectivity index (χ0) is 12.8. The second kappa shape index (κ2) is 6.53. The molecule has 1 aromatic carbocycles. The lowest BCUT2D eigenvalue weighted by Gasteiger charge is -2.12. The summed E-state index contributed by atoms with van der Waals surface area (Å²) in [5, 5.41) is 10.6. The first-order chi connectivity index (χ1) is 8.77. The lowest BCUT2D eigenvalue weighted by molar-refractivity contribution is 0.164. The summed E-state index contributed by atoms with van der Waals surface area (Å²) in [5.41, 5.74) is 2.06. The van der Waals surface area contributed by atoms with Gasteiger partial charge in [0.2, 0.25) is 0 Å². The maximum absolute atomic E-state index is 10.1. The van der Waals surface area contributed by atoms with Gasteiger partial charge in [0.15, 0.2) is 0 Å². The van der Waals surface area contributed by atoms with E-state index < -0.39 is 6.10 Å². The summed E-state index contributed by atoms with van der Waals surface area (Å²) in [6.07, 6.45) is 5.33. The molecule has 1 atom stereocenters. The van der Waals surface area contributed by atoms with Gasteiger partial charge in [-0.3, -0.25) is 4.98 Å². The highest BCUT2D eigenvalue weighted by Gasteiger charge is 2.10. The van der Waals surface area contributed by atoms with Gasteiger partial charge in [0.05, 0.1) is 11.1 Å². The minimum Gasteiger partial charge on any atom is -0.388 e. The van der Waals surface area contributed by atoms with Gasteiger partial charge in [-0.1, -0.05) is 41.9 Å². The molecule has 1 heterocycles. The molecule has 0 aliphatic carbocycles. The molecule has 1 aromatic heterocycles. The molecule has 0 fully saturated rings. The van der Waals surface area contributed by atoms with Crippen LogP contribution in [0.3, 0.4) is 0 Å². The van der Waals surface area contributed by atoms with Crippen molar-refractivity contribution < 1.29 is 5.11 Å². The summed E-state index contributed by atoms with van der Waals surface area (Å²) in [4.78, 5) is 3.91. The molecule has 2 aromatic rings. The van der Waals surface area contributed by atoms with Crippen molar-refractivity contribution in [1.29, 1.82) is 0 Å². The van der Waals surface area contributed by atoms with Crippen LogP contribution in [0.2, 0.25) is 5.02 Å². The van der Waals surface area contributed by atoms with Crippen molar-refractivity contribution in [2.45, 2.75) is 25.4 Å². The van der Waals surface area contributed by atoms with Crippen molar-refractivity contribution in [3.63, 3.8) is 0 Å². The SMILES string of the molecule is OC(CCCc1ccccc1)c1ccncc1Cl. The van der Waals surface area contributed by atoms with Crippen LogP contribution in [0.15, 0.2) is 48.8 Å². The van der Waals surface area contributed by atoms with E-state index in [9.17, 15) is 5.11 Å². The molecule has 0 amide bonds. The molecule has 94 valence electrons. The fraction of sp³-hybridized carbons (Fsp3) is 0.267. The van der Waals surface area contributed by atoms with Crippen LogP contribution in [0.5, 0.6) is 0 Å². The lowest BCUT2D eigenvalue weighted by Crippen LogP contribution is -1.99. The number of aliphatic hydroxyl groups is 1. The summed E-state index contributed by atoms with van der Waals surface area (Å²) in [6, 6.07) is 12.1. The van der Waals surface area contributed by atoms with Crippen molar-refractivity contribution in [1.82, 2.24) is 4.98 Å². The van der Waals surface area contributed by atoms with Gasteiger partial charge in [-0.2, -0.15) is 0 Å². The van der Waals surface area contributed by atoms with Crippen molar-refractivity contribution in [3.05, 3.63) is 64.9 Å². The van der Waals surface area contributed by atoms with Crippen LogP contribution < -0.4 is 0 Å². The van der Waals surface area contributed by atoms with Crippen LogP contribution in [0, 0.1) is 0 Å². The first-order valence-electron chi connectivity index (χ1n) is 6.09. The molecule has 0 radical (unpaired) electrons. The van der Waals surface area contributed by atoms with Crippen LogP contribution in [-0.4, -0.2) is 10.1 Å². The average Bonchev–Trinajstić information content (AvgIpc) is 2.40. The van der Waals surface area contributed by atoms with Gasteiger partial charge >= 0.3 is 0 Å². The smallest absolute Gasteiger partial charge is 0.0805 e. The van der Waals surface area contributed by atoms with E-state index in [1.54, 1.807) is 18.5 Å². The van der Waals surface area contributed by atoms with E-state index in [0.29, 0.717) is 11.4 Å². The third-order valence-electron chi connectivity index (χ3n) is 2.95. The number of aryl methyl sites for hydroxylation is 1. The predicted molar refractivity (Wildman–Crippen MR) is 73.6 cm³/mol. The van der Waals surface area contributed by atoms with Gasteiger partial charge < -0.3 is 5.11 Å². The van der Waals surface area contributed by atoms with Crippen LogP contribution in [0.25, 0.3) is 0 Å². The second-order valence-electron chi connectivity index (χ2n) is 4.29. The molecule has 0 bridgehead atoms. The molecule has 0 aliphatic rings. The highest BCUT2D eigenvalue weighted by atomic mass is 35.5. The number of aromatic nitrogens is 1. The van der Waals surface area contributed by atoms with Crippen LogP contribution in [-0.2, 0) is 6.42 Å². The molecular formula is C15H16ClNO. The Bertz CT molecular complexity index is 487. The lowest BCUT2D eigenvalue weighted by atomic mass is 10.0. The highest BCUT2D eigenvalue weighted by molar-refractivity contribution is 6.31. The van der Waals surface area contributed by atoms with E-state index in [4.69, 9.17) is 11.6 Å². The molecule has 3 heteroatoms. The first-order valence-corrected chi connectivity index (χ1v) is 6.46. The largest absolute Gasteiger partial charge is 0.388 e. The predicted octanol–water partition coefficient (Wildman–Crippen LogP) is 3.79. The van der Waals surface area contributed by atoms with E-state index in [-0.39, 0.29) is 0 Å². The number of rotatable bonds is 5. The Balaban J connectivity index is 1.86. The molecule has 0 saturated heterocycles. The number of aliphatic hydroxyl groups excluding tert-OH is 1. The minimum absolute atomic E-state index is 0.510. The minimum atomic E-state index is -0.510. The monoisotopic (exact) mass is 261 g/mol. The van der Waals surface area contributed by atoms with Crippen LogP contribution in [0.1, 0.15) is 30.1 Å². The maximum Gasteiger partial charge on any atom is 0.0805 e. The van der Waals surface area contributed by atoms with Crippen molar-refractivity contribution in [2.24, 2.45) is 0 Å².